The molecule has 0 radical (unpaired) electrons. The summed E-state index contributed by atoms with van der Waals surface area (Å²) in [4.78, 5) is 26.2. The maximum Gasteiger partial charge on any atom is 0.426 e. The van der Waals surface area contributed by atoms with Crippen LogP contribution >= 0.6 is 27.5 Å². The van der Waals surface area contributed by atoms with E-state index in [9.17, 15) is 4.79 Å². The maximum absolute atomic E-state index is 12.1. The molecule has 1 aliphatic carbocycles. The van der Waals surface area contributed by atoms with Gasteiger partial charge in [0.1, 0.15) is 5.75 Å². The molecule has 4 rings (SSSR count). The number of nitrogens with two attached hydrogens (primary N) is 1. The number of anilines is 1. The fourth-order valence-corrected chi connectivity index (χ4v) is 4.15. The van der Waals surface area contributed by atoms with Crippen molar-refractivity contribution in [3.63, 3.8) is 0 Å². The van der Waals surface area contributed by atoms with Crippen molar-refractivity contribution >= 4 is 39.6 Å². The Morgan fingerprint density at radius 1 is 1.36 bits per heavy atom. The van der Waals surface area contributed by atoms with Gasteiger partial charge in [-0.15, -0.1) is 5.06 Å². The van der Waals surface area contributed by atoms with E-state index in [0.29, 0.717) is 40.8 Å². The average molecular weight is 469 g/mol. The first-order valence-electron chi connectivity index (χ1n) is 8.86. The van der Waals surface area contributed by atoms with Crippen molar-refractivity contribution in [2.45, 2.75) is 38.4 Å². The summed E-state index contributed by atoms with van der Waals surface area (Å²) in [5, 5.41) is 4.89. The lowest BCUT2D eigenvalue weighted by atomic mass is 9.93. The average Bonchev–Trinajstić information content (AvgIpc) is 3.00. The van der Waals surface area contributed by atoms with Gasteiger partial charge < -0.3 is 20.6 Å². The molecule has 0 saturated heterocycles. The fourth-order valence-electron chi connectivity index (χ4n) is 3.26. The summed E-state index contributed by atoms with van der Waals surface area (Å²) in [6.07, 6.45) is 2.66. The van der Waals surface area contributed by atoms with E-state index in [-0.39, 0.29) is 12.0 Å². The zero-order valence-electron chi connectivity index (χ0n) is 15.2. The Bertz CT molecular complexity index is 938. The first-order valence-corrected chi connectivity index (χ1v) is 10.0. The second-order valence-electron chi connectivity index (χ2n) is 6.77. The number of hydrogen-bond acceptors (Lipinski definition) is 7. The number of rotatable bonds is 4. The molecule has 3 N–H and O–H groups in total. The van der Waals surface area contributed by atoms with E-state index in [1.807, 2.05) is 0 Å². The molecule has 2 aliphatic rings. The molecule has 0 spiro atoms. The Morgan fingerprint density at radius 3 is 2.82 bits per heavy atom. The highest BCUT2D eigenvalue weighted by molar-refractivity contribution is 9.10. The first kappa shape index (κ1) is 19.2. The summed E-state index contributed by atoms with van der Waals surface area (Å²) in [5.74, 6) is 0.754. The number of aromatic nitrogens is 2. The third kappa shape index (κ3) is 3.74. The van der Waals surface area contributed by atoms with Crippen molar-refractivity contribution in [2.24, 2.45) is 0 Å². The molecule has 1 aliphatic heterocycles. The predicted molar refractivity (Wildman–Crippen MR) is 108 cm³/mol. The van der Waals surface area contributed by atoms with E-state index in [2.05, 4.69) is 31.2 Å². The molecule has 10 heteroatoms. The molecule has 1 aromatic carbocycles. The number of nitrogens with one attached hydrogen (secondary N) is 1. The van der Waals surface area contributed by atoms with Crippen molar-refractivity contribution in [3.8, 4) is 17.0 Å². The van der Waals surface area contributed by atoms with Gasteiger partial charge in [0, 0.05) is 17.2 Å². The summed E-state index contributed by atoms with van der Waals surface area (Å²) in [6, 6.07) is 3.74. The number of methoxy groups -OCH3 is 1. The maximum atomic E-state index is 12.1. The molecular weight excluding hydrogens is 450 g/mol. The van der Waals surface area contributed by atoms with Gasteiger partial charge >= 0.3 is 6.09 Å². The van der Waals surface area contributed by atoms with Crippen LogP contribution in [0.25, 0.3) is 11.3 Å². The number of nitrogen functional groups attached to an aromatic ring is 1. The lowest BCUT2D eigenvalue weighted by Crippen LogP contribution is -2.41. The number of amides is 1. The number of benzene rings is 1. The van der Waals surface area contributed by atoms with Gasteiger partial charge in [-0.1, -0.05) is 11.6 Å². The predicted octanol–water partition coefficient (Wildman–Crippen LogP) is 3.66. The third-order valence-electron chi connectivity index (χ3n) is 4.91. The summed E-state index contributed by atoms with van der Waals surface area (Å²) >= 11 is 9.87. The Balaban J connectivity index is 1.60. The van der Waals surface area contributed by atoms with Crippen molar-refractivity contribution in [2.75, 3.05) is 12.8 Å². The largest absolute Gasteiger partial charge is 0.496 e. The molecule has 1 saturated carbocycles. The minimum atomic E-state index is -0.455. The van der Waals surface area contributed by atoms with Gasteiger partial charge in [-0.2, -0.15) is 0 Å². The van der Waals surface area contributed by atoms with E-state index in [4.69, 9.17) is 26.9 Å². The van der Waals surface area contributed by atoms with Gasteiger partial charge in [-0.3, -0.25) is 0 Å². The molecular formula is C18H19BrClN5O3. The van der Waals surface area contributed by atoms with E-state index < -0.39 is 6.09 Å². The highest BCUT2D eigenvalue weighted by Gasteiger charge is 2.30. The molecule has 2 aromatic rings. The van der Waals surface area contributed by atoms with E-state index in [0.717, 1.165) is 29.3 Å². The highest BCUT2D eigenvalue weighted by atomic mass is 79.9. The Hall–Kier alpha value is -2.10. The Labute approximate surface area is 175 Å². The van der Waals surface area contributed by atoms with Crippen LogP contribution in [0.4, 0.5) is 10.7 Å². The van der Waals surface area contributed by atoms with Gasteiger partial charge in [0.2, 0.25) is 5.95 Å². The molecule has 1 amide bonds. The van der Waals surface area contributed by atoms with Gasteiger partial charge in [-0.25, -0.2) is 14.8 Å². The van der Waals surface area contributed by atoms with Crippen molar-refractivity contribution < 1.29 is 14.4 Å². The van der Waals surface area contributed by atoms with Gasteiger partial charge in [0.15, 0.2) is 0 Å². The Kier molecular flexibility index (Phi) is 5.31. The van der Waals surface area contributed by atoms with Crippen LogP contribution in [0, 0.1) is 0 Å². The zero-order valence-corrected chi connectivity index (χ0v) is 17.5. The van der Waals surface area contributed by atoms with Crippen LogP contribution < -0.4 is 15.8 Å². The van der Waals surface area contributed by atoms with Crippen LogP contribution in [0.3, 0.4) is 0 Å². The first-order chi connectivity index (χ1) is 13.4. The molecule has 1 fully saturated rings. The van der Waals surface area contributed by atoms with Crippen molar-refractivity contribution in [1.82, 2.24) is 20.3 Å². The van der Waals surface area contributed by atoms with Crippen LogP contribution in [-0.4, -0.2) is 34.3 Å². The van der Waals surface area contributed by atoms with E-state index >= 15 is 0 Å². The lowest BCUT2D eigenvalue weighted by molar-refractivity contribution is -0.107. The number of hydrogen-bond donors (Lipinski definition) is 2. The number of fused-ring (bicyclic) bond motifs is 1. The number of nitrogens with zero attached hydrogens (tertiary/aromatic N) is 3. The summed E-state index contributed by atoms with van der Waals surface area (Å²) in [5.41, 5.74) is 8.71. The van der Waals surface area contributed by atoms with Crippen molar-refractivity contribution in [1.29, 1.82) is 0 Å². The molecule has 0 unspecified atom stereocenters. The smallest absolute Gasteiger partial charge is 0.426 e. The summed E-state index contributed by atoms with van der Waals surface area (Å²) in [7, 11) is 1.58. The highest BCUT2D eigenvalue weighted by Crippen LogP contribution is 2.39. The van der Waals surface area contributed by atoms with Crippen LogP contribution in [0.15, 0.2) is 16.6 Å². The number of carbonyl (C=O) groups is 1. The third-order valence-corrected chi connectivity index (χ3v) is 5.84. The summed E-state index contributed by atoms with van der Waals surface area (Å²) in [6.45, 7) is 0.677. The quantitative estimate of drug-likeness (QED) is 0.706. The lowest BCUT2D eigenvalue weighted by Gasteiger charge is -2.26. The SMILES string of the molecule is COc1cc(-c2nc(N)nc3c2CN(OC(=O)NC2CCC2)C3)c(Cl)cc1Br. The normalized spacial score (nSPS) is 16.4. The van der Waals surface area contributed by atoms with Crippen LogP contribution in [0.1, 0.15) is 30.5 Å². The molecule has 28 heavy (non-hydrogen) atoms. The number of carbonyl (C=O) groups excluding carboxylic acids is 1. The van der Waals surface area contributed by atoms with Gasteiger partial charge in [-0.05, 0) is 47.3 Å². The molecule has 148 valence electrons. The molecule has 2 heterocycles. The number of halogens is 2. The van der Waals surface area contributed by atoms with Gasteiger partial charge in [0.25, 0.3) is 0 Å². The minimum absolute atomic E-state index is 0.132. The fraction of sp³-hybridized carbons (Fsp3) is 0.389. The molecule has 0 bridgehead atoms. The van der Waals surface area contributed by atoms with E-state index in [1.54, 1.807) is 24.3 Å². The van der Waals surface area contributed by atoms with Crippen LogP contribution in [0.5, 0.6) is 5.75 Å². The number of ether oxygens (including phenoxy) is 1. The zero-order chi connectivity index (χ0) is 19.8. The van der Waals surface area contributed by atoms with Crippen LogP contribution in [-0.2, 0) is 17.9 Å². The monoisotopic (exact) mass is 467 g/mol. The second-order valence-corrected chi connectivity index (χ2v) is 8.03. The van der Waals surface area contributed by atoms with Crippen LogP contribution in [0.2, 0.25) is 5.02 Å². The molecule has 1 aromatic heterocycles. The molecule has 8 nitrogen and oxygen atoms in total. The standard InChI is InChI=1S/C18H19BrClN5O3/c1-27-15-5-10(13(20)6-12(15)19)16-11-7-25(8-14(11)23-17(21)24-16)28-18(26)22-9-3-2-4-9/h5-6,9H,2-4,7-8H2,1H3,(H,22,26)(H2,21,23,24). The van der Waals surface area contributed by atoms with E-state index in [1.165, 1.54) is 0 Å². The molecule has 0 atom stereocenters. The number of hydroxylamine groups is 2. The van der Waals surface area contributed by atoms with Crippen molar-refractivity contribution in [3.05, 3.63) is 32.9 Å². The summed E-state index contributed by atoms with van der Waals surface area (Å²) < 4.78 is 6.11. The topological polar surface area (TPSA) is 103 Å². The minimum Gasteiger partial charge on any atom is -0.496 e. The second kappa shape index (κ2) is 7.73. The Morgan fingerprint density at radius 2 is 2.14 bits per heavy atom. The van der Waals surface area contributed by atoms with Gasteiger partial charge in [0.05, 0.1) is 41.1 Å².